The number of ether oxygens (including phenoxy) is 1. The first-order chi connectivity index (χ1) is 9.69. The highest BCUT2D eigenvalue weighted by Crippen LogP contribution is 2.19. The maximum Gasteiger partial charge on any atom is 0.0839 e. The van der Waals surface area contributed by atoms with Crippen LogP contribution in [-0.2, 0) is 11.2 Å². The van der Waals surface area contributed by atoms with Crippen LogP contribution >= 0.6 is 0 Å². The molecule has 0 aromatic heterocycles. The molecule has 0 saturated carbocycles. The third kappa shape index (κ3) is 4.33. The van der Waals surface area contributed by atoms with Crippen molar-refractivity contribution in [1.82, 2.24) is 4.90 Å². The van der Waals surface area contributed by atoms with Crippen LogP contribution in [0.15, 0.2) is 24.3 Å². The molecule has 20 heavy (non-hydrogen) atoms. The molecule has 1 aromatic rings. The van der Waals surface area contributed by atoms with Crippen LogP contribution in [0, 0.1) is 17.2 Å². The molecule has 0 spiro atoms. The second-order valence-corrected chi connectivity index (χ2v) is 5.93. The minimum Gasteiger partial charge on any atom is -0.379 e. The van der Waals surface area contributed by atoms with E-state index in [1.165, 1.54) is 5.56 Å². The second kappa shape index (κ2) is 7.42. The average molecular weight is 272 g/mol. The largest absolute Gasteiger partial charge is 0.379 e. The first-order valence-electron chi connectivity index (χ1n) is 7.47. The van der Waals surface area contributed by atoms with Crippen LogP contribution in [0.4, 0.5) is 0 Å². The van der Waals surface area contributed by atoms with Crippen molar-refractivity contribution in [3.63, 3.8) is 0 Å². The van der Waals surface area contributed by atoms with E-state index in [1.54, 1.807) is 0 Å². The van der Waals surface area contributed by atoms with Gasteiger partial charge in [-0.2, -0.15) is 5.26 Å². The van der Waals surface area contributed by atoms with E-state index in [1.807, 2.05) is 0 Å². The summed E-state index contributed by atoms with van der Waals surface area (Å²) in [6.07, 6.45) is 1.10. The van der Waals surface area contributed by atoms with Crippen molar-refractivity contribution < 1.29 is 4.74 Å². The molecule has 1 fully saturated rings. The van der Waals surface area contributed by atoms with Gasteiger partial charge in [-0.1, -0.05) is 38.1 Å². The Balaban J connectivity index is 1.98. The molecule has 1 saturated heterocycles. The fraction of sp³-hybridized carbons (Fsp3) is 0.588. The molecule has 1 unspecified atom stereocenters. The van der Waals surface area contributed by atoms with Crippen molar-refractivity contribution in [2.45, 2.75) is 26.2 Å². The van der Waals surface area contributed by atoms with E-state index in [2.05, 4.69) is 49.1 Å². The number of rotatable bonds is 5. The van der Waals surface area contributed by atoms with Gasteiger partial charge in [0, 0.05) is 19.6 Å². The van der Waals surface area contributed by atoms with E-state index in [9.17, 15) is 5.26 Å². The van der Waals surface area contributed by atoms with E-state index in [4.69, 9.17) is 4.74 Å². The number of nitriles is 1. The lowest BCUT2D eigenvalue weighted by Crippen LogP contribution is -2.38. The summed E-state index contributed by atoms with van der Waals surface area (Å²) in [5, 5.41) is 9.42. The van der Waals surface area contributed by atoms with Crippen molar-refractivity contribution in [1.29, 1.82) is 5.26 Å². The van der Waals surface area contributed by atoms with Crippen LogP contribution in [0.2, 0.25) is 0 Å². The molecule has 1 heterocycles. The van der Waals surface area contributed by atoms with Crippen molar-refractivity contribution in [2.75, 3.05) is 32.8 Å². The second-order valence-electron chi connectivity index (χ2n) is 5.93. The van der Waals surface area contributed by atoms with Crippen LogP contribution in [0.5, 0.6) is 0 Å². The summed E-state index contributed by atoms with van der Waals surface area (Å²) in [6, 6.07) is 11.0. The predicted octanol–water partition coefficient (Wildman–Crippen LogP) is 2.82. The maximum atomic E-state index is 9.42. The van der Waals surface area contributed by atoms with Gasteiger partial charge in [0.1, 0.15) is 0 Å². The normalized spacial score (nSPS) is 17.9. The van der Waals surface area contributed by atoms with Gasteiger partial charge in [-0.3, -0.25) is 4.90 Å². The number of benzene rings is 1. The number of nitrogens with zero attached hydrogens (tertiary/aromatic N) is 2. The zero-order valence-electron chi connectivity index (χ0n) is 12.5. The van der Waals surface area contributed by atoms with Gasteiger partial charge >= 0.3 is 0 Å². The van der Waals surface area contributed by atoms with E-state index in [0.29, 0.717) is 5.92 Å². The molecule has 1 aliphatic heterocycles. The van der Waals surface area contributed by atoms with E-state index in [-0.39, 0.29) is 5.92 Å². The Labute approximate surface area is 122 Å². The molecule has 3 nitrogen and oxygen atoms in total. The van der Waals surface area contributed by atoms with E-state index in [0.717, 1.165) is 44.8 Å². The first-order valence-corrected chi connectivity index (χ1v) is 7.47. The fourth-order valence-corrected chi connectivity index (χ4v) is 2.62. The Bertz CT molecular complexity index is 441. The predicted molar refractivity (Wildman–Crippen MR) is 80.6 cm³/mol. The molecule has 3 heteroatoms. The Hall–Kier alpha value is -1.37. The van der Waals surface area contributed by atoms with Gasteiger partial charge < -0.3 is 4.74 Å². The Morgan fingerprint density at radius 2 is 1.85 bits per heavy atom. The smallest absolute Gasteiger partial charge is 0.0839 e. The first kappa shape index (κ1) is 15.0. The molecule has 0 aliphatic carbocycles. The van der Waals surface area contributed by atoms with Gasteiger partial charge in [0.25, 0.3) is 0 Å². The van der Waals surface area contributed by atoms with Gasteiger partial charge in [0.05, 0.1) is 25.2 Å². The van der Waals surface area contributed by atoms with Gasteiger partial charge in [-0.15, -0.1) is 0 Å². The summed E-state index contributed by atoms with van der Waals surface area (Å²) in [5.74, 6) is 0.627. The number of hydrogen-bond donors (Lipinski definition) is 0. The van der Waals surface area contributed by atoms with Gasteiger partial charge in [0.15, 0.2) is 0 Å². The zero-order valence-corrected chi connectivity index (χ0v) is 12.5. The van der Waals surface area contributed by atoms with Crippen molar-refractivity contribution >= 4 is 0 Å². The summed E-state index contributed by atoms with van der Waals surface area (Å²) in [7, 11) is 0. The molecule has 1 atom stereocenters. The van der Waals surface area contributed by atoms with Crippen molar-refractivity contribution in [2.24, 2.45) is 5.92 Å². The minimum atomic E-state index is -0.0406. The van der Waals surface area contributed by atoms with E-state index < -0.39 is 0 Å². The molecule has 1 aromatic carbocycles. The highest BCUT2D eigenvalue weighted by atomic mass is 16.5. The molecule has 108 valence electrons. The lowest BCUT2D eigenvalue weighted by molar-refractivity contribution is 0.0370. The summed E-state index contributed by atoms with van der Waals surface area (Å²) >= 11 is 0. The summed E-state index contributed by atoms with van der Waals surface area (Å²) in [6.45, 7) is 8.70. The lowest BCUT2D eigenvalue weighted by Gasteiger charge is -2.28. The highest BCUT2D eigenvalue weighted by molar-refractivity contribution is 5.29. The highest BCUT2D eigenvalue weighted by Gasteiger charge is 2.17. The van der Waals surface area contributed by atoms with Gasteiger partial charge in [-0.05, 0) is 23.5 Å². The Morgan fingerprint density at radius 3 is 2.40 bits per heavy atom. The molecule has 2 rings (SSSR count). The van der Waals surface area contributed by atoms with Gasteiger partial charge in [-0.25, -0.2) is 0 Å². The van der Waals surface area contributed by atoms with Crippen LogP contribution in [-0.4, -0.2) is 37.7 Å². The monoisotopic (exact) mass is 272 g/mol. The molecular weight excluding hydrogens is 248 g/mol. The molecule has 0 radical (unpaired) electrons. The summed E-state index contributed by atoms with van der Waals surface area (Å²) in [4.78, 5) is 2.32. The minimum absolute atomic E-state index is 0.0406. The molecule has 0 N–H and O–H groups in total. The van der Waals surface area contributed by atoms with E-state index >= 15 is 0 Å². The molecule has 0 amide bonds. The third-order valence-electron chi connectivity index (χ3n) is 3.73. The number of hydrogen-bond acceptors (Lipinski definition) is 3. The quantitative estimate of drug-likeness (QED) is 0.827. The summed E-state index contributed by atoms with van der Waals surface area (Å²) < 4.78 is 5.35. The van der Waals surface area contributed by atoms with Crippen LogP contribution in [0.1, 0.15) is 30.9 Å². The Morgan fingerprint density at radius 1 is 1.20 bits per heavy atom. The maximum absolute atomic E-state index is 9.42. The molecule has 1 aliphatic rings. The fourth-order valence-electron chi connectivity index (χ4n) is 2.62. The third-order valence-corrected chi connectivity index (χ3v) is 3.73. The SMILES string of the molecule is CC(C)Cc1ccc(C(C#N)CN2CCOCC2)cc1. The zero-order chi connectivity index (χ0) is 14.4. The standard InChI is InChI=1S/C17H24N2O/c1-14(2)11-15-3-5-16(6-4-15)17(12-18)13-19-7-9-20-10-8-19/h3-6,14,17H,7-11,13H2,1-2H3. The summed E-state index contributed by atoms with van der Waals surface area (Å²) in [5.41, 5.74) is 2.48. The lowest BCUT2D eigenvalue weighted by atomic mass is 9.96. The van der Waals surface area contributed by atoms with Crippen LogP contribution < -0.4 is 0 Å². The van der Waals surface area contributed by atoms with Gasteiger partial charge in [0.2, 0.25) is 0 Å². The van der Waals surface area contributed by atoms with Crippen molar-refractivity contribution in [3.05, 3.63) is 35.4 Å². The van der Waals surface area contributed by atoms with Crippen molar-refractivity contribution in [3.8, 4) is 6.07 Å². The topological polar surface area (TPSA) is 36.3 Å². The number of morpholine rings is 1. The molecular formula is C17H24N2O. The molecule has 0 bridgehead atoms. The Kier molecular flexibility index (Phi) is 5.58. The van der Waals surface area contributed by atoms with Crippen LogP contribution in [0.3, 0.4) is 0 Å². The average Bonchev–Trinajstić information content (AvgIpc) is 2.46. The van der Waals surface area contributed by atoms with Crippen LogP contribution in [0.25, 0.3) is 0 Å².